The summed E-state index contributed by atoms with van der Waals surface area (Å²) in [5.74, 6) is 0. The van der Waals surface area contributed by atoms with E-state index in [-0.39, 0.29) is 0 Å². The lowest BCUT2D eigenvalue weighted by molar-refractivity contribution is 1.17. The number of fused-ring (bicyclic) bond motifs is 2. The van der Waals surface area contributed by atoms with Crippen molar-refractivity contribution in [3.63, 3.8) is 0 Å². The number of thiazole rings is 1. The van der Waals surface area contributed by atoms with E-state index in [1.54, 1.807) is 17.6 Å². The molecule has 0 atom stereocenters. The molecule has 1 N–H and O–H groups in total. The molecule has 3 aromatic heterocycles. The second-order valence-electron chi connectivity index (χ2n) is 4.57. The summed E-state index contributed by atoms with van der Waals surface area (Å²) in [6, 6.07) is 13.7. The maximum absolute atomic E-state index is 6.15. The number of hydrogen-bond donors (Lipinski definition) is 1. The molecule has 4 rings (SSSR count). The third kappa shape index (κ3) is 2.32. The van der Waals surface area contributed by atoms with Crippen LogP contribution in [0.5, 0.6) is 0 Å². The van der Waals surface area contributed by atoms with E-state index in [0.717, 1.165) is 26.7 Å². The molecule has 0 amide bonds. The Morgan fingerprint density at radius 1 is 1.14 bits per heavy atom. The topological polar surface area (TPSA) is 54.6 Å². The van der Waals surface area contributed by atoms with Gasteiger partial charge in [0, 0.05) is 6.20 Å². The normalized spacial score (nSPS) is 11.7. The molecule has 0 aliphatic heterocycles. The largest absolute Gasteiger partial charge is 0.297 e. The number of aromatic nitrogens is 3. The van der Waals surface area contributed by atoms with Crippen molar-refractivity contribution in [2.45, 2.75) is 0 Å². The van der Waals surface area contributed by atoms with Gasteiger partial charge in [0.15, 0.2) is 5.15 Å². The highest BCUT2D eigenvalue weighted by Gasteiger charge is 2.07. The van der Waals surface area contributed by atoms with Crippen molar-refractivity contribution >= 4 is 50.1 Å². The number of anilines is 1. The van der Waals surface area contributed by atoms with Gasteiger partial charge in [0.1, 0.15) is 11.3 Å². The first-order valence-corrected chi connectivity index (χ1v) is 7.78. The number of imidazole rings is 1. The van der Waals surface area contributed by atoms with Gasteiger partial charge in [-0.2, -0.15) is 5.10 Å². The van der Waals surface area contributed by atoms with Gasteiger partial charge < -0.3 is 0 Å². The lowest BCUT2D eigenvalue weighted by Gasteiger charge is -1.96. The van der Waals surface area contributed by atoms with Crippen LogP contribution in [0, 0.1) is 0 Å². The van der Waals surface area contributed by atoms with Crippen LogP contribution in [0.3, 0.4) is 0 Å². The van der Waals surface area contributed by atoms with Crippen molar-refractivity contribution in [1.82, 2.24) is 14.4 Å². The molecule has 0 aliphatic carbocycles. The van der Waals surface area contributed by atoms with Gasteiger partial charge in [-0.05, 0) is 24.3 Å². The van der Waals surface area contributed by atoms with Crippen LogP contribution in [0.25, 0.3) is 15.9 Å². The minimum Gasteiger partial charge on any atom is -0.297 e. The predicted octanol–water partition coefficient (Wildman–Crippen LogP) is 4.04. The summed E-state index contributed by atoms with van der Waals surface area (Å²) in [6.07, 6.45) is 3.54. The highest BCUT2D eigenvalue weighted by atomic mass is 35.5. The molecule has 108 valence electrons. The molecule has 0 saturated carbocycles. The molecule has 0 aliphatic rings. The van der Waals surface area contributed by atoms with E-state index in [0.29, 0.717) is 5.15 Å². The summed E-state index contributed by atoms with van der Waals surface area (Å²) in [5, 5.41) is 5.37. The molecule has 4 aromatic rings. The third-order valence-electron chi connectivity index (χ3n) is 3.16. The third-order valence-corrected chi connectivity index (χ3v) is 4.38. The lowest BCUT2D eigenvalue weighted by atomic mass is 10.3. The number of hydrogen-bond acceptors (Lipinski definition) is 5. The van der Waals surface area contributed by atoms with Gasteiger partial charge >= 0.3 is 0 Å². The summed E-state index contributed by atoms with van der Waals surface area (Å²) in [5.41, 5.74) is 5.41. The van der Waals surface area contributed by atoms with Crippen LogP contribution in [-0.4, -0.2) is 20.6 Å². The second kappa shape index (κ2) is 5.40. The smallest absolute Gasteiger partial charge is 0.204 e. The average Bonchev–Trinajstić information content (AvgIpc) is 3.08. The highest BCUT2D eigenvalue weighted by molar-refractivity contribution is 7.22. The van der Waals surface area contributed by atoms with Crippen LogP contribution >= 0.6 is 22.9 Å². The van der Waals surface area contributed by atoms with E-state index in [2.05, 4.69) is 20.5 Å². The number of para-hydroxylation sites is 1. The first-order valence-electron chi connectivity index (χ1n) is 6.58. The van der Waals surface area contributed by atoms with Gasteiger partial charge in [-0.3, -0.25) is 9.83 Å². The zero-order valence-corrected chi connectivity index (χ0v) is 12.8. The molecule has 3 heterocycles. The highest BCUT2D eigenvalue weighted by Crippen LogP contribution is 2.25. The monoisotopic (exact) mass is 327 g/mol. The number of rotatable bonds is 3. The molecule has 22 heavy (non-hydrogen) atoms. The quantitative estimate of drug-likeness (QED) is 0.456. The molecule has 0 saturated heterocycles. The minimum atomic E-state index is 0.418. The Morgan fingerprint density at radius 2 is 2.00 bits per heavy atom. The molecule has 0 radical (unpaired) electrons. The Balaban J connectivity index is 1.62. The van der Waals surface area contributed by atoms with Gasteiger partial charge in [0.2, 0.25) is 5.13 Å². The zero-order valence-electron chi connectivity index (χ0n) is 11.3. The van der Waals surface area contributed by atoms with Crippen molar-refractivity contribution in [2.24, 2.45) is 5.10 Å². The Hall–Kier alpha value is -2.44. The predicted molar refractivity (Wildman–Crippen MR) is 91.0 cm³/mol. The Morgan fingerprint density at radius 3 is 2.91 bits per heavy atom. The molecule has 0 unspecified atom stereocenters. The lowest BCUT2D eigenvalue weighted by Crippen LogP contribution is -1.94. The Bertz CT molecular complexity index is 955. The number of pyridine rings is 1. The first-order chi connectivity index (χ1) is 10.8. The van der Waals surface area contributed by atoms with Gasteiger partial charge in [0.05, 0.1) is 16.4 Å². The van der Waals surface area contributed by atoms with E-state index in [9.17, 15) is 0 Å². The number of benzene rings is 1. The molecule has 0 bridgehead atoms. The van der Waals surface area contributed by atoms with Crippen molar-refractivity contribution in [1.29, 1.82) is 0 Å². The minimum absolute atomic E-state index is 0.418. The summed E-state index contributed by atoms with van der Waals surface area (Å²) >= 11 is 7.70. The van der Waals surface area contributed by atoms with Crippen LogP contribution in [0.2, 0.25) is 5.15 Å². The van der Waals surface area contributed by atoms with Crippen molar-refractivity contribution < 1.29 is 0 Å². The molecule has 1 aromatic carbocycles. The van der Waals surface area contributed by atoms with Crippen LogP contribution in [-0.2, 0) is 0 Å². The van der Waals surface area contributed by atoms with Crippen molar-refractivity contribution in [2.75, 3.05) is 5.43 Å². The number of nitrogens with zero attached hydrogens (tertiary/aromatic N) is 4. The van der Waals surface area contributed by atoms with Crippen LogP contribution in [0.1, 0.15) is 5.69 Å². The number of hydrazone groups is 1. The summed E-state index contributed by atoms with van der Waals surface area (Å²) in [6.45, 7) is 0. The van der Waals surface area contributed by atoms with Crippen molar-refractivity contribution in [3.05, 3.63) is 59.5 Å². The molecular formula is C15H10ClN5S. The first kappa shape index (κ1) is 13.2. The maximum Gasteiger partial charge on any atom is 0.204 e. The van der Waals surface area contributed by atoms with Crippen molar-refractivity contribution in [3.8, 4) is 0 Å². The second-order valence-corrected chi connectivity index (χ2v) is 5.96. The maximum atomic E-state index is 6.15. The van der Waals surface area contributed by atoms with E-state index in [4.69, 9.17) is 11.6 Å². The molecule has 0 spiro atoms. The van der Waals surface area contributed by atoms with Gasteiger partial charge in [0.25, 0.3) is 0 Å². The zero-order chi connectivity index (χ0) is 14.9. The fourth-order valence-corrected chi connectivity index (χ4v) is 3.21. The summed E-state index contributed by atoms with van der Waals surface area (Å²) < 4.78 is 3.00. The average molecular weight is 328 g/mol. The van der Waals surface area contributed by atoms with E-state index < -0.39 is 0 Å². The number of nitrogens with one attached hydrogen (secondary N) is 1. The fourth-order valence-electron chi connectivity index (χ4n) is 2.17. The fraction of sp³-hybridized carbons (Fsp3) is 0. The van der Waals surface area contributed by atoms with E-state index in [1.165, 1.54) is 0 Å². The van der Waals surface area contributed by atoms with E-state index >= 15 is 0 Å². The molecular weight excluding hydrogens is 318 g/mol. The Kier molecular flexibility index (Phi) is 3.25. The summed E-state index contributed by atoms with van der Waals surface area (Å²) in [4.78, 5) is 8.72. The standard InChI is InChI=1S/C15H10ClN5S/c16-14-11(21-8-4-3-7-13(21)19-14)9-17-20-15-18-10-5-1-2-6-12(10)22-15/h1-9H,(H,18,20)/b17-9-. The van der Waals surface area contributed by atoms with Gasteiger partial charge in [-0.15, -0.1) is 0 Å². The van der Waals surface area contributed by atoms with Crippen LogP contribution in [0.4, 0.5) is 5.13 Å². The molecule has 0 fully saturated rings. The van der Waals surface area contributed by atoms with Gasteiger partial charge in [-0.1, -0.05) is 41.1 Å². The Labute approximate surface area is 134 Å². The van der Waals surface area contributed by atoms with Gasteiger partial charge in [-0.25, -0.2) is 9.97 Å². The van der Waals surface area contributed by atoms with Crippen LogP contribution < -0.4 is 5.43 Å². The SMILES string of the molecule is Clc1nc2ccccn2c1/C=N\Nc1nc2ccccc2s1. The summed E-state index contributed by atoms with van der Waals surface area (Å²) in [7, 11) is 0. The molecule has 7 heteroatoms. The number of halogens is 1. The van der Waals surface area contributed by atoms with E-state index in [1.807, 2.05) is 53.1 Å². The van der Waals surface area contributed by atoms with Crippen LogP contribution in [0.15, 0.2) is 53.8 Å². The molecule has 5 nitrogen and oxygen atoms in total.